The molecule has 2 unspecified atom stereocenters. The van der Waals surface area contributed by atoms with Crippen LogP contribution in [-0.2, 0) is 4.79 Å². The number of carbonyl (C=O) groups is 1. The smallest absolute Gasteiger partial charge is 0.263 e. The summed E-state index contributed by atoms with van der Waals surface area (Å²) in [5, 5.41) is 9.59. The van der Waals surface area contributed by atoms with Gasteiger partial charge in [0.1, 0.15) is 5.75 Å². The minimum Gasteiger partial charge on any atom is -0.481 e. The van der Waals surface area contributed by atoms with Gasteiger partial charge >= 0.3 is 0 Å². The molecule has 1 amide bonds. The first kappa shape index (κ1) is 14.3. The summed E-state index contributed by atoms with van der Waals surface area (Å²) < 4.78 is 6.60. The van der Waals surface area contributed by atoms with Crippen molar-refractivity contribution in [1.82, 2.24) is 4.90 Å². The van der Waals surface area contributed by atoms with E-state index in [0.717, 1.165) is 17.3 Å². The van der Waals surface area contributed by atoms with E-state index in [1.165, 1.54) is 0 Å². The molecule has 0 bridgehead atoms. The first-order chi connectivity index (χ1) is 9.06. The van der Waals surface area contributed by atoms with Gasteiger partial charge in [-0.2, -0.15) is 0 Å². The summed E-state index contributed by atoms with van der Waals surface area (Å²) in [5.41, 5.74) is 0. The summed E-state index contributed by atoms with van der Waals surface area (Å²) >= 11 is 3.35. The zero-order valence-electron chi connectivity index (χ0n) is 10.9. The van der Waals surface area contributed by atoms with Crippen LogP contribution in [0.3, 0.4) is 0 Å². The van der Waals surface area contributed by atoms with E-state index in [4.69, 9.17) is 4.74 Å². The van der Waals surface area contributed by atoms with Gasteiger partial charge in [-0.25, -0.2) is 0 Å². The Bertz CT molecular complexity index is 435. The molecule has 19 heavy (non-hydrogen) atoms. The second-order valence-corrected chi connectivity index (χ2v) is 5.71. The fraction of sp³-hybridized carbons (Fsp3) is 0.500. The second kappa shape index (κ2) is 6.39. The second-order valence-electron chi connectivity index (χ2n) is 4.79. The fourth-order valence-corrected chi connectivity index (χ4v) is 2.44. The molecular formula is C14H18BrNO3. The van der Waals surface area contributed by atoms with Crippen molar-refractivity contribution in [3.8, 4) is 5.75 Å². The Morgan fingerprint density at radius 1 is 1.47 bits per heavy atom. The highest BCUT2D eigenvalue weighted by molar-refractivity contribution is 9.10. The van der Waals surface area contributed by atoms with Crippen LogP contribution in [-0.4, -0.2) is 41.2 Å². The molecule has 104 valence electrons. The van der Waals surface area contributed by atoms with Gasteiger partial charge in [0.2, 0.25) is 0 Å². The molecule has 4 nitrogen and oxygen atoms in total. The third-order valence-corrected chi connectivity index (χ3v) is 3.71. The molecule has 1 saturated heterocycles. The topological polar surface area (TPSA) is 49.8 Å². The Kier molecular flexibility index (Phi) is 4.82. The number of nitrogens with zero attached hydrogens (tertiary/aromatic N) is 1. The summed E-state index contributed by atoms with van der Waals surface area (Å²) in [6, 6.07) is 7.38. The lowest BCUT2D eigenvalue weighted by Gasteiger charge is -2.32. The quantitative estimate of drug-likeness (QED) is 0.925. The van der Waals surface area contributed by atoms with Crippen molar-refractivity contribution >= 4 is 21.8 Å². The molecule has 0 radical (unpaired) electrons. The third-order valence-electron chi connectivity index (χ3n) is 3.18. The lowest BCUT2D eigenvalue weighted by Crippen LogP contribution is -2.47. The molecule has 0 saturated carbocycles. The van der Waals surface area contributed by atoms with Crippen molar-refractivity contribution in [2.24, 2.45) is 0 Å². The molecule has 2 rings (SSSR count). The number of likely N-dealkylation sites (tertiary alicyclic amines) is 1. The Balaban J connectivity index is 1.93. The van der Waals surface area contributed by atoms with Crippen LogP contribution in [0.1, 0.15) is 19.8 Å². The maximum absolute atomic E-state index is 12.2. The highest BCUT2D eigenvalue weighted by Gasteiger charge is 2.26. The number of carbonyl (C=O) groups excluding carboxylic acids is 1. The number of piperidine rings is 1. The average molecular weight is 328 g/mol. The summed E-state index contributed by atoms with van der Waals surface area (Å²) in [5.74, 6) is 0.600. The van der Waals surface area contributed by atoms with Crippen molar-refractivity contribution in [3.63, 3.8) is 0 Å². The minimum atomic E-state index is -0.536. The summed E-state index contributed by atoms with van der Waals surface area (Å²) in [6.07, 6.45) is 0.674. The molecule has 1 aliphatic rings. The number of amides is 1. The van der Waals surface area contributed by atoms with Gasteiger partial charge in [0.15, 0.2) is 6.10 Å². The molecular weight excluding hydrogens is 310 g/mol. The first-order valence-electron chi connectivity index (χ1n) is 6.45. The van der Waals surface area contributed by atoms with Crippen molar-refractivity contribution in [3.05, 3.63) is 28.7 Å². The van der Waals surface area contributed by atoms with Crippen molar-refractivity contribution in [2.75, 3.05) is 13.1 Å². The predicted octanol–water partition coefficient (Wildman–Crippen LogP) is 2.20. The number of ether oxygens (including phenoxy) is 1. The monoisotopic (exact) mass is 327 g/mol. The van der Waals surface area contributed by atoms with Gasteiger partial charge in [-0.3, -0.25) is 4.79 Å². The number of hydrogen-bond donors (Lipinski definition) is 1. The van der Waals surface area contributed by atoms with E-state index in [2.05, 4.69) is 15.9 Å². The van der Waals surface area contributed by atoms with Crippen LogP contribution in [0.25, 0.3) is 0 Å². The van der Waals surface area contributed by atoms with Crippen LogP contribution in [0, 0.1) is 0 Å². The van der Waals surface area contributed by atoms with Crippen LogP contribution in [0.5, 0.6) is 5.75 Å². The van der Waals surface area contributed by atoms with Crippen LogP contribution in [0.2, 0.25) is 0 Å². The number of aliphatic hydroxyl groups is 1. The maximum Gasteiger partial charge on any atom is 0.263 e. The van der Waals surface area contributed by atoms with E-state index in [1.54, 1.807) is 11.8 Å². The molecule has 2 atom stereocenters. The number of β-amino-alcohol motifs (C(OH)–C–C–N with tert-alkyl or cyclic N) is 1. The van der Waals surface area contributed by atoms with Crippen LogP contribution in [0.4, 0.5) is 0 Å². The zero-order valence-corrected chi connectivity index (χ0v) is 12.5. The number of hydrogen-bond acceptors (Lipinski definition) is 3. The van der Waals surface area contributed by atoms with Gasteiger partial charge in [-0.1, -0.05) is 15.9 Å². The fourth-order valence-electron chi connectivity index (χ4n) is 2.18. The number of rotatable bonds is 3. The van der Waals surface area contributed by atoms with Crippen LogP contribution in [0.15, 0.2) is 28.7 Å². The summed E-state index contributed by atoms with van der Waals surface area (Å²) in [4.78, 5) is 13.9. The van der Waals surface area contributed by atoms with E-state index in [-0.39, 0.29) is 5.91 Å². The zero-order chi connectivity index (χ0) is 13.8. The molecule has 5 heteroatoms. The Morgan fingerprint density at radius 3 is 2.79 bits per heavy atom. The molecule has 1 heterocycles. The van der Waals surface area contributed by atoms with Crippen molar-refractivity contribution < 1.29 is 14.6 Å². The summed E-state index contributed by atoms with van der Waals surface area (Å²) in [7, 11) is 0. The first-order valence-corrected chi connectivity index (χ1v) is 7.24. The van der Waals surface area contributed by atoms with E-state index in [9.17, 15) is 9.90 Å². The van der Waals surface area contributed by atoms with E-state index >= 15 is 0 Å². The van der Waals surface area contributed by atoms with Crippen LogP contribution < -0.4 is 4.74 Å². The number of aliphatic hydroxyl groups excluding tert-OH is 1. The third kappa shape index (κ3) is 3.94. The molecule has 1 aromatic carbocycles. The number of halogens is 1. The Morgan fingerprint density at radius 2 is 2.16 bits per heavy atom. The van der Waals surface area contributed by atoms with Crippen molar-refractivity contribution in [2.45, 2.75) is 32.0 Å². The van der Waals surface area contributed by atoms with Gasteiger partial charge in [0, 0.05) is 17.6 Å². The molecule has 0 spiro atoms. The largest absolute Gasteiger partial charge is 0.481 e. The standard InChI is InChI=1S/C14H18BrNO3/c1-10(19-13-6-4-11(15)5-7-13)14(18)16-8-2-3-12(17)9-16/h4-7,10,12,17H,2-3,8-9H2,1H3. The molecule has 0 aromatic heterocycles. The van der Waals surface area contributed by atoms with Gasteiger partial charge in [0.25, 0.3) is 5.91 Å². The van der Waals surface area contributed by atoms with E-state index in [1.807, 2.05) is 24.3 Å². The molecule has 1 aliphatic heterocycles. The van der Waals surface area contributed by atoms with E-state index in [0.29, 0.717) is 18.8 Å². The minimum absolute atomic E-state index is 0.0679. The van der Waals surface area contributed by atoms with Crippen LogP contribution >= 0.6 is 15.9 Å². The lowest BCUT2D eigenvalue weighted by molar-refractivity contribution is -0.141. The Hall–Kier alpha value is -1.07. The Labute approximate surface area is 121 Å². The average Bonchev–Trinajstić information content (AvgIpc) is 2.40. The lowest BCUT2D eigenvalue weighted by atomic mass is 10.1. The van der Waals surface area contributed by atoms with Gasteiger partial charge in [-0.05, 0) is 44.0 Å². The van der Waals surface area contributed by atoms with Gasteiger partial charge in [0.05, 0.1) is 6.10 Å². The SMILES string of the molecule is CC(Oc1ccc(Br)cc1)C(=O)N1CCCC(O)C1. The molecule has 1 fully saturated rings. The van der Waals surface area contributed by atoms with Crippen molar-refractivity contribution in [1.29, 1.82) is 0 Å². The molecule has 1 aromatic rings. The molecule has 1 N–H and O–H groups in total. The highest BCUT2D eigenvalue weighted by atomic mass is 79.9. The van der Waals surface area contributed by atoms with E-state index < -0.39 is 12.2 Å². The molecule has 0 aliphatic carbocycles. The summed E-state index contributed by atoms with van der Waals surface area (Å²) in [6.45, 7) is 2.85. The normalized spacial score (nSPS) is 21.0. The maximum atomic E-state index is 12.2. The number of benzene rings is 1. The predicted molar refractivity (Wildman–Crippen MR) is 76.1 cm³/mol. The highest BCUT2D eigenvalue weighted by Crippen LogP contribution is 2.18. The van der Waals surface area contributed by atoms with Gasteiger partial charge in [-0.15, -0.1) is 0 Å². The van der Waals surface area contributed by atoms with Gasteiger partial charge < -0.3 is 14.7 Å².